The smallest absolute Gasteiger partial charge is 0.105 e. The van der Waals surface area contributed by atoms with Gasteiger partial charge in [-0.15, -0.1) is 0 Å². The summed E-state index contributed by atoms with van der Waals surface area (Å²) in [5.41, 5.74) is 0. The topological polar surface area (TPSA) is 35.8 Å². The molecule has 0 rings (SSSR count). The number of nitrogens with zero attached hydrogens (tertiary/aromatic N) is 1. The van der Waals surface area contributed by atoms with Crippen molar-refractivity contribution in [2.45, 2.75) is 46.2 Å². The lowest BCUT2D eigenvalue weighted by molar-refractivity contribution is 0.560. The lowest BCUT2D eigenvalue weighted by Crippen LogP contribution is -2.35. The van der Waals surface area contributed by atoms with Crippen molar-refractivity contribution in [3.05, 3.63) is 0 Å². The van der Waals surface area contributed by atoms with Gasteiger partial charge in [0.2, 0.25) is 0 Å². The minimum Gasteiger partial charge on any atom is -0.299 e. The van der Waals surface area contributed by atoms with Gasteiger partial charge in [-0.3, -0.25) is 5.32 Å². The van der Waals surface area contributed by atoms with Crippen molar-refractivity contribution in [2.24, 2.45) is 5.92 Å². The van der Waals surface area contributed by atoms with E-state index in [0.29, 0.717) is 6.04 Å². The molecule has 0 aromatic carbocycles. The highest BCUT2D eigenvalue weighted by molar-refractivity contribution is 7.99. The maximum atomic E-state index is 8.86. The summed E-state index contributed by atoms with van der Waals surface area (Å²) in [6, 6.07) is 2.69. The van der Waals surface area contributed by atoms with Crippen LogP contribution in [-0.2, 0) is 0 Å². The summed E-state index contributed by atoms with van der Waals surface area (Å²) >= 11 is 1.87. The zero-order valence-electron chi connectivity index (χ0n) is 9.71. The Bertz CT molecular complexity index is 173. The van der Waals surface area contributed by atoms with Crippen molar-refractivity contribution in [1.82, 2.24) is 5.32 Å². The molecule has 0 bridgehead atoms. The van der Waals surface area contributed by atoms with Gasteiger partial charge in [-0.25, -0.2) is 0 Å². The van der Waals surface area contributed by atoms with Crippen LogP contribution in [0.25, 0.3) is 0 Å². The molecule has 0 radical (unpaired) electrons. The Morgan fingerprint density at radius 1 is 1.29 bits per heavy atom. The number of rotatable bonds is 7. The van der Waals surface area contributed by atoms with Crippen LogP contribution in [0.2, 0.25) is 0 Å². The molecular weight excluding hydrogens is 192 g/mol. The molecule has 0 fully saturated rings. The van der Waals surface area contributed by atoms with E-state index in [1.807, 2.05) is 11.8 Å². The second-order valence-corrected chi connectivity index (χ2v) is 5.41. The Morgan fingerprint density at radius 2 is 1.93 bits per heavy atom. The first-order chi connectivity index (χ1) is 6.56. The van der Waals surface area contributed by atoms with Crippen LogP contribution in [0.4, 0.5) is 0 Å². The van der Waals surface area contributed by atoms with Gasteiger partial charge in [-0.05, 0) is 31.9 Å². The molecule has 0 heterocycles. The Hall–Kier alpha value is -0.200. The molecule has 1 N–H and O–H groups in total. The average molecular weight is 214 g/mol. The van der Waals surface area contributed by atoms with Gasteiger partial charge in [0.05, 0.1) is 6.07 Å². The van der Waals surface area contributed by atoms with Crippen LogP contribution in [0.15, 0.2) is 0 Å². The van der Waals surface area contributed by atoms with Crippen LogP contribution in [0.3, 0.4) is 0 Å². The molecule has 0 aliphatic heterocycles. The first kappa shape index (κ1) is 13.8. The first-order valence-electron chi connectivity index (χ1n) is 5.29. The molecule has 0 aliphatic rings. The van der Waals surface area contributed by atoms with Crippen LogP contribution in [0, 0.1) is 17.2 Å². The number of hydrogen-bond acceptors (Lipinski definition) is 3. The van der Waals surface area contributed by atoms with Crippen LogP contribution < -0.4 is 5.32 Å². The Balaban J connectivity index is 3.49. The number of thioether (sulfide) groups is 1. The minimum atomic E-state index is 0.00663. The van der Waals surface area contributed by atoms with E-state index >= 15 is 0 Å². The standard InChI is InChI=1S/C11H22N2S/c1-9(2)5-6-14-8-11(7-12)13-10(3)4/h9-11,13H,5-6,8H2,1-4H3. The SMILES string of the molecule is CC(C)CCSCC(C#N)NC(C)C. The fourth-order valence-electron chi connectivity index (χ4n) is 1.05. The van der Waals surface area contributed by atoms with Gasteiger partial charge in [-0.2, -0.15) is 17.0 Å². The fourth-order valence-corrected chi connectivity index (χ4v) is 2.26. The third-order valence-corrected chi connectivity index (χ3v) is 2.91. The van der Waals surface area contributed by atoms with Gasteiger partial charge in [-0.1, -0.05) is 13.8 Å². The predicted octanol–water partition coefficient (Wildman–Crippen LogP) is 2.66. The van der Waals surface area contributed by atoms with Gasteiger partial charge in [0.15, 0.2) is 0 Å². The van der Waals surface area contributed by atoms with Gasteiger partial charge in [0.25, 0.3) is 0 Å². The van der Waals surface area contributed by atoms with Crippen molar-refractivity contribution < 1.29 is 0 Å². The van der Waals surface area contributed by atoms with E-state index < -0.39 is 0 Å². The molecule has 0 aromatic heterocycles. The summed E-state index contributed by atoms with van der Waals surface area (Å²) in [6.07, 6.45) is 1.24. The summed E-state index contributed by atoms with van der Waals surface area (Å²) in [7, 11) is 0. The average Bonchev–Trinajstić information content (AvgIpc) is 2.09. The molecule has 0 saturated carbocycles. The Labute approximate surface area is 92.5 Å². The molecule has 0 aliphatic carbocycles. The largest absolute Gasteiger partial charge is 0.299 e. The van der Waals surface area contributed by atoms with Gasteiger partial charge < -0.3 is 0 Å². The zero-order valence-corrected chi connectivity index (χ0v) is 10.5. The second-order valence-electron chi connectivity index (χ2n) is 4.26. The van der Waals surface area contributed by atoms with E-state index in [-0.39, 0.29) is 6.04 Å². The van der Waals surface area contributed by atoms with E-state index in [0.717, 1.165) is 17.4 Å². The highest BCUT2D eigenvalue weighted by atomic mass is 32.2. The maximum absolute atomic E-state index is 8.86. The van der Waals surface area contributed by atoms with Crippen molar-refractivity contribution >= 4 is 11.8 Å². The van der Waals surface area contributed by atoms with Crippen LogP contribution in [-0.4, -0.2) is 23.6 Å². The lowest BCUT2D eigenvalue weighted by atomic mass is 10.2. The van der Waals surface area contributed by atoms with Gasteiger partial charge in [0, 0.05) is 11.8 Å². The molecule has 0 saturated heterocycles. The minimum absolute atomic E-state index is 0.00663. The highest BCUT2D eigenvalue weighted by Gasteiger charge is 2.07. The highest BCUT2D eigenvalue weighted by Crippen LogP contribution is 2.09. The maximum Gasteiger partial charge on any atom is 0.105 e. The molecule has 82 valence electrons. The predicted molar refractivity (Wildman–Crippen MR) is 64.5 cm³/mol. The fraction of sp³-hybridized carbons (Fsp3) is 0.909. The molecular formula is C11H22N2S. The second kappa shape index (κ2) is 8.14. The van der Waals surface area contributed by atoms with E-state index in [4.69, 9.17) is 5.26 Å². The van der Waals surface area contributed by atoms with E-state index in [9.17, 15) is 0 Å². The summed E-state index contributed by atoms with van der Waals surface area (Å²) < 4.78 is 0. The van der Waals surface area contributed by atoms with E-state index in [1.54, 1.807) is 0 Å². The van der Waals surface area contributed by atoms with Crippen molar-refractivity contribution in [3.63, 3.8) is 0 Å². The summed E-state index contributed by atoms with van der Waals surface area (Å²) in [5, 5.41) is 12.1. The monoisotopic (exact) mass is 214 g/mol. The van der Waals surface area contributed by atoms with Crippen molar-refractivity contribution in [1.29, 1.82) is 5.26 Å². The van der Waals surface area contributed by atoms with E-state index in [2.05, 4.69) is 39.1 Å². The van der Waals surface area contributed by atoms with E-state index in [1.165, 1.54) is 6.42 Å². The van der Waals surface area contributed by atoms with Crippen molar-refractivity contribution in [3.8, 4) is 6.07 Å². The first-order valence-corrected chi connectivity index (χ1v) is 6.45. The Morgan fingerprint density at radius 3 is 2.36 bits per heavy atom. The molecule has 1 unspecified atom stereocenters. The van der Waals surface area contributed by atoms with Crippen LogP contribution >= 0.6 is 11.8 Å². The normalized spacial score (nSPS) is 13.2. The zero-order chi connectivity index (χ0) is 11.0. The molecule has 2 nitrogen and oxygen atoms in total. The van der Waals surface area contributed by atoms with Gasteiger partial charge in [0.1, 0.15) is 6.04 Å². The molecule has 0 amide bonds. The molecule has 0 spiro atoms. The molecule has 0 aromatic rings. The molecule has 1 atom stereocenters. The molecule has 14 heavy (non-hydrogen) atoms. The van der Waals surface area contributed by atoms with Crippen LogP contribution in [0.1, 0.15) is 34.1 Å². The number of nitrogens with one attached hydrogen (secondary N) is 1. The molecule has 3 heteroatoms. The summed E-state index contributed by atoms with van der Waals surface area (Å²) in [5.74, 6) is 2.83. The quantitative estimate of drug-likeness (QED) is 0.662. The number of hydrogen-bond donors (Lipinski definition) is 1. The van der Waals surface area contributed by atoms with Crippen molar-refractivity contribution in [2.75, 3.05) is 11.5 Å². The van der Waals surface area contributed by atoms with Crippen LogP contribution in [0.5, 0.6) is 0 Å². The Kier molecular flexibility index (Phi) is 8.02. The third-order valence-electron chi connectivity index (χ3n) is 1.81. The lowest BCUT2D eigenvalue weighted by Gasteiger charge is -2.14. The number of nitriles is 1. The summed E-state index contributed by atoms with van der Waals surface area (Å²) in [6.45, 7) is 8.61. The third kappa shape index (κ3) is 8.40. The van der Waals surface area contributed by atoms with Gasteiger partial charge >= 0.3 is 0 Å². The summed E-state index contributed by atoms with van der Waals surface area (Å²) in [4.78, 5) is 0.